The van der Waals surface area contributed by atoms with Crippen LogP contribution in [0.2, 0.25) is 4.47 Å². The monoisotopic (exact) mass is 434 g/mol. The summed E-state index contributed by atoms with van der Waals surface area (Å²) >= 11 is 7.04. The van der Waals surface area contributed by atoms with E-state index in [1.165, 1.54) is 17.4 Å². The van der Waals surface area contributed by atoms with Crippen molar-refractivity contribution in [1.29, 1.82) is 0 Å². The summed E-state index contributed by atoms with van der Waals surface area (Å²) in [6.07, 6.45) is -3.29. The standard InChI is InChI=1S/C18H12ClF5N2OS/c1-9-3-2-4-14(15(9)25-7-11-8-26-17(19)28-11)27-16-12(20)5-10(6-13(16)21)18(22,23)24/h2-6,8,25H,7H2,1H3. The molecule has 3 aromatic rings. The first-order valence-electron chi connectivity index (χ1n) is 7.83. The Kier molecular flexibility index (Phi) is 5.76. The van der Waals surface area contributed by atoms with Gasteiger partial charge in [0.2, 0.25) is 0 Å². The molecule has 1 heterocycles. The molecule has 0 radical (unpaired) electrons. The minimum atomic E-state index is -4.87. The van der Waals surface area contributed by atoms with Gasteiger partial charge < -0.3 is 10.1 Å². The van der Waals surface area contributed by atoms with Gasteiger partial charge in [-0.25, -0.2) is 13.8 Å². The summed E-state index contributed by atoms with van der Waals surface area (Å²) in [5, 5.41) is 3.07. The summed E-state index contributed by atoms with van der Waals surface area (Å²) in [6, 6.07) is 5.18. The topological polar surface area (TPSA) is 34.1 Å². The van der Waals surface area contributed by atoms with Crippen LogP contribution >= 0.6 is 22.9 Å². The smallest absolute Gasteiger partial charge is 0.416 e. The molecule has 2 aromatic carbocycles. The molecule has 0 aliphatic rings. The number of alkyl halides is 3. The molecular formula is C18H12ClF5N2OS. The molecule has 1 aromatic heterocycles. The Hall–Kier alpha value is -2.39. The Labute approximate surface area is 165 Å². The molecule has 0 aliphatic heterocycles. The van der Waals surface area contributed by atoms with E-state index in [2.05, 4.69) is 10.3 Å². The highest BCUT2D eigenvalue weighted by molar-refractivity contribution is 7.15. The van der Waals surface area contributed by atoms with Gasteiger partial charge in [-0.2, -0.15) is 13.2 Å². The van der Waals surface area contributed by atoms with Crippen LogP contribution in [0.1, 0.15) is 16.0 Å². The van der Waals surface area contributed by atoms with E-state index in [1.54, 1.807) is 25.3 Å². The number of nitrogens with one attached hydrogen (secondary N) is 1. The highest BCUT2D eigenvalue weighted by Gasteiger charge is 2.33. The number of hydrogen-bond acceptors (Lipinski definition) is 4. The molecule has 10 heteroatoms. The van der Waals surface area contributed by atoms with Crippen molar-refractivity contribution in [3.05, 3.63) is 68.6 Å². The van der Waals surface area contributed by atoms with Crippen LogP contribution in [-0.2, 0) is 12.7 Å². The fourth-order valence-electron chi connectivity index (χ4n) is 2.42. The fourth-order valence-corrected chi connectivity index (χ4v) is 3.34. The fraction of sp³-hybridized carbons (Fsp3) is 0.167. The average Bonchev–Trinajstić information content (AvgIpc) is 3.01. The van der Waals surface area contributed by atoms with Gasteiger partial charge in [-0.1, -0.05) is 23.7 Å². The number of benzene rings is 2. The van der Waals surface area contributed by atoms with Crippen LogP contribution in [0.4, 0.5) is 27.6 Å². The lowest BCUT2D eigenvalue weighted by atomic mass is 10.1. The maximum Gasteiger partial charge on any atom is 0.416 e. The van der Waals surface area contributed by atoms with Crippen molar-refractivity contribution >= 4 is 28.6 Å². The van der Waals surface area contributed by atoms with Gasteiger partial charge in [0, 0.05) is 11.1 Å². The second-order valence-electron chi connectivity index (χ2n) is 5.75. The molecular weight excluding hydrogens is 423 g/mol. The van der Waals surface area contributed by atoms with Crippen LogP contribution in [0.5, 0.6) is 11.5 Å². The Morgan fingerprint density at radius 1 is 1.18 bits per heavy atom. The molecule has 3 rings (SSSR count). The summed E-state index contributed by atoms with van der Waals surface area (Å²) in [7, 11) is 0. The number of halogens is 6. The van der Waals surface area contributed by atoms with Gasteiger partial charge in [0.25, 0.3) is 0 Å². The molecule has 148 valence electrons. The zero-order valence-electron chi connectivity index (χ0n) is 14.2. The number of hydrogen-bond donors (Lipinski definition) is 1. The highest BCUT2D eigenvalue weighted by Crippen LogP contribution is 2.38. The van der Waals surface area contributed by atoms with Gasteiger partial charge in [0.1, 0.15) is 0 Å². The van der Waals surface area contributed by atoms with Gasteiger partial charge in [-0.15, -0.1) is 11.3 Å². The third-order valence-electron chi connectivity index (χ3n) is 3.74. The minimum Gasteiger partial charge on any atom is -0.449 e. The highest BCUT2D eigenvalue weighted by atomic mass is 35.5. The van der Waals surface area contributed by atoms with E-state index in [1.807, 2.05) is 0 Å². The zero-order chi connectivity index (χ0) is 20.5. The van der Waals surface area contributed by atoms with Crippen molar-refractivity contribution in [1.82, 2.24) is 4.98 Å². The van der Waals surface area contributed by atoms with Gasteiger partial charge in [0.05, 0.1) is 17.8 Å². The molecule has 0 spiro atoms. The number of aromatic nitrogens is 1. The number of para-hydroxylation sites is 1. The first-order chi connectivity index (χ1) is 13.1. The average molecular weight is 435 g/mol. The lowest BCUT2D eigenvalue weighted by molar-refractivity contribution is -0.138. The van der Waals surface area contributed by atoms with Crippen molar-refractivity contribution in [3.8, 4) is 11.5 Å². The van der Waals surface area contributed by atoms with Crippen LogP contribution in [0.3, 0.4) is 0 Å². The number of aryl methyl sites for hydroxylation is 1. The Bertz CT molecular complexity index is 983. The lowest BCUT2D eigenvalue weighted by Gasteiger charge is -2.16. The number of ether oxygens (including phenoxy) is 1. The van der Waals surface area contributed by atoms with Gasteiger partial charge >= 0.3 is 6.18 Å². The van der Waals surface area contributed by atoms with Gasteiger partial charge in [0.15, 0.2) is 27.6 Å². The largest absolute Gasteiger partial charge is 0.449 e. The summed E-state index contributed by atoms with van der Waals surface area (Å²) in [5.41, 5.74) is -0.286. The van der Waals surface area contributed by atoms with Gasteiger partial charge in [-0.05, 0) is 30.7 Å². The molecule has 0 fully saturated rings. The second kappa shape index (κ2) is 7.92. The molecule has 1 N–H and O–H groups in total. The van der Waals surface area contributed by atoms with E-state index in [4.69, 9.17) is 16.3 Å². The number of thiazole rings is 1. The molecule has 0 aliphatic carbocycles. The summed E-state index contributed by atoms with van der Waals surface area (Å²) in [5.74, 6) is -3.75. The molecule has 0 atom stereocenters. The predicted molar refractivity (Wildman–Crippen MR) is 97.1 cm³/mol. The Morgan fingerprint density at radius 2 is 1.86 bits per heavy atom. The van der Waals surface area contributed by atoms with E-state index < -0.39 is 29.1 Å². The van der Waals surface area contributed by atoms with E-state index in [9.17, 15) is 22.0 Å². The quantitative estimate of drug-likeness (QED) is 0.448. The number of rotatable bonds is 5. The summed E-state index contributed by atoms with van der Waals surface area (Å²) < 4.78 is 71.9. The molecule has 0 unspecified atom stereocenters. The van der Waals surface area contributed by atoms with E-state index in [0.717, 1.165) is 4.88 Å². The van der Waals surface area contributed by atoms with Crippen molar-refractivity contribution in [3.63, 3.8) is 0 Å². The Balaban J connectivity index is 1.89. The maximum atomic E-state index is 14.1. The van der Waals surface area contributed by atoms with Gasteiger partial charge in [-0.3, -0.25) is 0 Å². The second-order valence-corrected chi connectivity index (χ2v) is 7.45. The van der Waals surface area contributed by atoms with E-state index in [0.29, 0.717) is 22.3 Å². The SMILES string of the molecule is Cc1cccc(Oc2c(F)cc(C(F)(F)F)cc2F)c1NCc1cnc(Cl)s1. The Morgan fingerprint density at radius 3 is 2.43 bits per heavy atom. The molecule has 0 bridgehead atoms. The summed E-state index contributed by atoms with van der Waals surface area (Å²) in [6.45, 7) is 2.07. The van der Waals surface area contributed by atoms with Crippen LogP contribution in [0, 0.1) is 18.6 Å². The van der Waals surface area contributed by atoms with Crippen molar-refractivity contribution in [2.75, 3.05) is 5.32 Å². The first-order valence-corrected chi connectivity index (χ1v) is 9.02. The van der Waals surface area contributed by atoms with Crippen molar-refractivity contribution in [2.45, 2.75) is 19.6 Å². The lowest BCUT2D eigenvalue weighted by Crippen LogP contribution is -2.08. The van der Waals surface area contributed by atoms with Crippen LogP contribution in [0.15, 0.2) is 36.5 Å². The number of anilines is 1. The maximum absolute atomic E-state index is 14.1. The van der Waals surface area contributed by atoms with Crippen molar-refractivity contribution in [2.24, 2.45) is 0 Å². The van der Waals surface area contributed by atoms with E-state index >= 15 is 0 Å². The third-order valence-corrected chi connectivity index (χ3v) is 4.85. The van der Waals surface area contributed by atoms with Crippen molar-refractivity contribution < 1.29 is 26.7 Å². The predicted octanol–water partition coefficient (Wildman–Crippen LogP) is 6.81. The molecule has 0 saturated carbocycles. The van der Waals surface area contributed by atoms with Crippen LogP contribution in [-0.4, -0.2) is 4.98 Å². The molecule has 0 saturated heterocycles. The molecule has 0 amide bonds. The summed E-state index contributed by atoms with van der Waals surface area (Å²) in [4.78, 5) is 4.73. The number of nitrogens with zero attached hydrogens (tertiary/aromatic N) is 1. The zero-order valence-corrected chi connectivity index (χ0v) is 15.8. The molecule has 28 heavy (non-hydrogen) atoms. The van der Waals surface area contributed by atoms with E-state index in [-0.39, 0.29) is 17.9 Å². The minimum absolute atomic E-state index is 0.0631. The van der Waals surface area contributed by atoms with Crippen LogP contribution in [0.25, 0.3) is 0 Å². The molecule has 3 nitrogen and oxygen atoms in total. The first kappa shape index (κ1) is 20.3. The third kappa shape index (κ3) is 4.53. The normalized spacial score (nSPS) is 11.5. The van der Waals surface area contributed by atoms with Crippen LogP contribution < -0.4 is 10.1 Å².